The van der Waals surface area contributed by atoms with Crippen molar-refractivity contribution in [3.8, 4) is 0 Å². The lowest BCUT2D eigenvalue weighted by Crippen LogP contribution is -2.32. The van der Waals surface area contributed by atoms with Gasteiger partial charge in [-0.15, -0.1) is 0 Å². The van der Waals surface area contributed by atoms with Crippen LogP contribution < -0.4 is 0 Å². The van der Waals surface area contributed by atoms with Gasteiger partial charge in [0.25, 0.3) is 0 Å². The Hall–Kier alpha value is -1.50. The molecule has 0 radical (unpaired) electrons. The van der Waals surface area contributed by atoms with Gasteiger partial charge in [-0.05, 0) is 42.7 Å². The highest BCUT2D eigenvalue weighted by Gasteiger charge is 2.41. The number of benzene rings is 2. The maximum Gasteiger partial charge on any atom is 0.415 e. The van der Waals surface area contributed by atoms with E-state index in [1.807, 2.05) is 25.7 Å². The van der Waals surface area contributed by atoms with Crippen LogP contribution in [-0.2, 0) is 4.43 Å². The zero-order chi connectivity index (χ0) is 18.5. The second kappa shape index (κ2) is 8.25. The summed E-state index contributed by atoms with van der Waals surface area (Å²) in [7, 11) is -2.20. The van der Waals surface area contributed by atoms with Gasteiger partial charge < -0.3 is 4.43 Å². The highest BCUT2D eigenvalue weighted by Crippen LogP contribution is 2.41. The third kappa shape index (κ3) is 6.38. The van der Waals surface area contributed by atoms with Crippen LogP contribution in [0.3, 0.4) is 0 Å². The maximum atomic E-state index is 13.8. The molecule has 2 aromatic rings. The Morgan fingerprint density at radius 2 is 1.48 bits per heavy atom. The molecule has 2 rings (SSSR count). The standard InChI is InChI=1S/C19H21F3OSSi/c1-25(2,3)23-18(15-10-6-4-7-11-15)17(19(20,21)22)14-24-16-12-8-5-9-13-16/h4-14,18H,1-3H3/b17-14+. The van der Waals surface area contributed by atoms with E-state index in [0.717, 1.165) is 16.7 Å². The van der Waals surface area contributed by atoms with Gasteiger partial charge >= 0.3 is 6.18 Å². The van der Waals surface area contributed by atoms with Crippen molar-refractivity contribution in [2.24, 2.45) is 0 Å². The molecule has 0 fully saturated rings. The van der Waals surface area contributed by atoms with Crippen molar-refractivity contribution in [3.63, 3.8) is 0 Å². The van der Waals surface area contributed by atoms with Gasteiger partial charge in [0.2, 0.25) is 0 Å². The third-order valence-corrected chi connectivity index (χ3v) is 5.11. The first-order chi connectivity index (χ1) is 11.7. The molecule has 0 saturated heterocycles. The van der Waals surface area contributed by atoms with Gasteiger partial charge in [-0.3, -0.25) is 0 Å². The highest BCUT2D eigenvalue weighted by atomic mass is 32.2. The summed E-state index contributed by atoms with van der Waals surface area (Å²) in [5.74, 6) is 0. The SMILES string of the molecule is C[Si](C)(C)OC(/C(=C\Sc1ccccc1)C(F)(F)F)c1ccccc1. The van der Waals surface area contributed by atoms with Crippen LogP contribution in [0.15, 0.2) is 76.5 Å². The average Bonchev–Trinajstić information content (AvgIpc) is 2.53. The molecule has 0 bridgehead atoms. The first-order valence-electron chi connectivity index (χ1n) is 7.88. The second-order valence-corrected chi connectivity index (χ2v) is 11.9. The van der Waals surface area contributed by atoms with E-state index in [0.29, 0.717) is 5.56 Å². The molecule has 0 aliphatic heterocycles. The van der Waals surface area contributed by atoms with E-state index in [1.54, 1.807) is 54.6 Å². The molecule has 0 aliphatic carbocycles. The Kier molecular flexibility index (Phi) is 6.54. The van der Waals surface area contributed by atoms with Crippen molar-refractivity contribution >= 4 is 20.1 Å². The van der Waals surface area contributed by atoms with Crippen LogP contribution in [-0.4, -0.2) is 14.5 Å². The lowest BCUT2D eigenvalue weighted by atomic mass is 10.0. The van der Waals surface area contributed by atoms with Gasteiger partial charge in [-0.2, -0.15) is 13.2 Å². The Bertz CT molecular complexity index is 694. The summed E-state index contributed by atoms with van der Waals surface area (Å²) < 4.78 is 47.3. The summed E-state index contributed by atoms with van der Waals surface area (Å²) in [6.07, 6.45) is -5.59. The molecule has 0 amide bonds. The van der Waals surface area contributed by atoms with Crippen molar-refractivity contribution in [1.29, 1.82) is 0 Å². The van der Waals surface area contributed by atoms with Crippen LogP contribution in [0.1, 0.15) is 11.7 Å². The molecule has 0 saturated carbocycles. The number of alkyl halides is 3. The Morgan fingerprint density at radius 3 is 1.96 bits per heavy atom. The minimum absolute atomic E-state index is 0.516. The average molecular weight is 383 g/mol. The number of hydrogen-bond donors (Lipinski definition) is 0. The molecule has 6 heteroatoms. The smallest absolute Gasteiger partial charge is 0.407 e. The summed E-state index contributed by atoms with van der Waals surface area (Å²) in [5, 5.41) is 1.17. The molecule has 0 N–H and O–H groups in total. The largest absolute Gasteiger partial charge is 0.415 e. The van der Waals surface area contributed by atoms with E-state index in [1.165, 1.54) is 5.41 Å². The second-order valence-electron chi connectivity index (χ2n) is 6.52. The monoisotopic (exact) mass is 382 g/mol. The van der Waals surface area contributed by atoms with Crippen LogP contribution in [0.5, 0.6) is 0 Å². The van der Waals surface area contributed by atoms with E-state index >= 15 is 0 Å². The Balaban J connectivity index is 2.43. The number of rotatable bonds is 6. The summed E-state index contributed by atoms with van der Waals surface area (Å²) in [6, 6.07) is 17.6. The van der Waals surface area contributed by atoms with Crippen molar-refractivity contribution in [1.82, 2.24) is 0 Å². The van der Waals surface area contributed by atoms with E-state index in [2.05, 4.69) is 0 Å². The van der Waals surface area contributed by atoms with Gasteiger partial charge in [0, 0.05) is 4.90 Å². The van der Waals surface area contributed by atoms with Crippen molar-refractivity contribution in [3.05, 3.63) is 77.2 Å². The topological polar surface area (TPSA) is 9.23 Å². The van der Waals surface area contributed by atoms with E-state index in [4.69, 9.17) is 4.43 Å². The van der Waals surface area contributed by atoms with Crippen molar-refractivity contribution in [2.75, 3.05) is 0 Å². The predicted octanol–water partition coefficient (Wildman–Crippen LogP) is 6.82. The maximum absolute atomic E-state index is 13.8. The van der Waals surface area contributed by atoms with E-state index < -0.39 is 26.2 Å². The van der Waals surface area contributed by atoms with Gasteiger partial charge in [0.05, 0.1) is 5.57 Å². The van der Waals surface area contributed by atoms with Gasteiger partial charge in [0.1, 0.15) is 6.10 Å². The minimum atomic E-state index is -4.47. The molecule has 1 unspecified atom stereocenters. The zero-order valence-electron chi connectivity index (χ0n) is 14.4. The molecule has 134 valence electrons. The molecular weight excluding hydrogens is 361 g/mol. The van der Waals surface area contributed by atoms with Gasteiger partial charge in [-0.1, -0.05) is 60.3 Å². The lowest BCUT2D eigenvalue weighted by molar-refractivity contribution is -0.104. The van der Waals surface area contributed by atoms with Gasteiger partial charge in [-0.25, -0.2) is 0 Å². The fraction of sp³-hybridized carbons (Fsp3) is 0.263. The van der Waals surface area contributed by atoms with Crippen molar-refractivity contribution < 1.29 is 17.6 Å². The van der Waals surface area contributed by atoms with Crippen LogP contribution in [0.2, 0.25) is 19.6 Å². The van der Waals surface area contributed by atoms with Crippen LogP contribution in [0, 0.1) is 0 Å². The molecule has 0 aromatic heterocycles. The number of hydrogen-bond acceptors (Lipinski definition) is 2. The fourth-order valence-corrected chi connectivity index (χ4v) is 4.01. The lowest BCUT2D eigenvalue weighted by Gasteiger charge is -2.29. The minimum Gasteiger partial charge on any atom is -0.407 e. The van der Waals surface area contributed by atoms with Crippen LogP contribution in [0.4, 0.5) is 13.2 Å². The first kappa shape index (κ1) is 19.8. The molecular formula is C19H21F3OSSi. The first-order valence-corrected chi connectivity index (χ1v) is 12.2. The van der Waals surface area contributed by atoms with Crippen LogP contribution in [0.25, 0.3) is 0 Å². The summed E-state index contributed by atoms with van der Waals surface area (Å²) >= 11 is 1.06. The molecule has 1 nitrogen and oxygen atoms in total. The molecule has 1 atom stereocenters. The molecule has 2 aromatic carbocycles. The fourth-order valence-electron chi connectivity index (χ4n) is 2.20. The highest BCUT2D eigenvalue weighted by molar-refractivity contribution is 8.02. The summed E-state index contributed by atoms with van der Waals surface area (Å²) in [5.41, 5.74) is -0.155. The normalized spacial score (nSPS) is 14.4. The number of thioether (sulfide) groups is 1. The third-order valence-electron chi connectivity index (χ3n) is 3.25. The quantitative estimate of drug-likeness (QED) is 0.400. The van der Waals surface area contributed by atoms with Crippen LogP contribution >= 0.6 is 11.8 Å². The summed E-state index contributed by atoms with van der Waals surface area (Å²) in [6.45, 7) is 5.67. The molecule has 0 aliphatic rings. The zero-order valence-corrected chi connectivity index (χ0v) is 16.2. The van der Waals surface area contributed by atoms with Crippen molar-refractivity contribution in [2.45, 2.75) is 36.8 Å². The number of halogens is 3. The summed E-state index contributed by atoms with van der Waals surface area (Å²) in [4.78, 5) is 0.754. The Labute approximate surface area is 152 Å². The molecule has 25 heavy (non-hydrogen) atoms. The molecule has 0 spiro atoms. The predicted molar refractivity (Wildman–Crippen MR) is 100 cm³/mol. The van der Waals surface area contributed by atoms with E-state index in [9.17, 15) is 13.2 Å². The Morgan fingerprint density at radius 1 is 0.960 bits per heavy atom. The molecule has 0 heterocycles. The van der Waals surface area contributed by atoms with Gasteiger partial charge in [0.15, 0.2) is 8.32 Å². The van der Waals surface area contributed by atoms with E-state index in [-0.39, 0.29) is 0 Å².